The maximum Gasteiger partial charge on any atom is 0.125 e. The van der Waals surface area contributed by atoms with Gasteiger partial charge in [-0.25, -0.2) is 0 Å². The van der Waals surface area contributed by atoms with Gasteiger partial charge in [-0.15, -0.1) is 0 Å². The standard InChI is InChI=1S/C56H86N4O3/c1-11-21-37-59(38-22-12-2)47-29-25-45(26-30-47)53(51-35-33-49(57(15-5)16-6)41-55(51)62-19-9)43-61-44-54(52-36-34-50(58(17-7)18-8)42-56(52)63-20-10)46-27-31-48(32-28-46)60(39-23-13-3)40-24-14-4/h25-36,41-42,53-54H,11-24,37-40,43-44H2,1-10H3. The minimum atomic E-state index is -0.0313. The molecular formula is C56H86N4O3. The minimum Gasteiger partial charge on any atom is -0.493 e. The van der Waals surface area contributed by atoms with E-state index in [-0.39, 0.29) is 11.8 Å². The molecule has 4 aromatic carbocycles. The summed E-state index contributed by atoms with van der Waals surface area (Å²) in [6.45, 7) is 32.5. The Kier molecular flexibility index (Phi) is 23.1. The van der Waals surface area contributed by atoms with Crippen LogP contribution in [0.25, 0.3) is 0 Å². The number of rotatable bonds is 32. The number of nitrogens with zero attached hydrogens (tertiary/aromatic N) is 4. The van der Waals surface area contributed by atoms with Gasteiger partial charge in [-0.1, -0.05) is 89.8 Å². The van der Waals surface area contributed by atoms with Crippen LogP contribution in [0.5, 0.6) is 11.5 Å². The van der Waals surface area contributed by atoms with E-state index in [1.807, 2.05) is 0 Å². The fraction of sp³-hybridized carbons (Fsp3) is 0.571. The van der Waals surface area contributed by atoms with Gasteiger partial charge in [0.2, 0.25) is 0 Å². The average Bonchev–Trinajstić information content (AvgIpc) is 3.31. The molecule has 0 bridgehead atoms. The third-order valence-electron chi connectivity index (χ3n) is 12.6. The Morgan fingerprint density at radius 3 is 0.984 bits per heavy atom. The molecule has 4 rings (SSSR count). The fourth-order valence-electron chi connectivity index (χ4n) is 8.76. The van der Waals surface area contributed by atoms with E-state index >= 15 is 0 Å². The lowest BCUT2D eigenvalue weighted by Gasteiger charge is -2.29. The van der Waals surface area contributed by atoms with Crippen LogP contribution in [0, 0.1) is 0 Å². The van der Waals surface area contributed by atoms with Crippen molar-refractivity contribution in [1.82, 2.24) is 0 Å². The molecule has 0 fully saturated rings. The van der Waals surface area contributed by atoms with Crippen molar-refractivity contribution in [2.24, 2.45) is 0 Å². The highest BCUT2D eigenvalue weighted by molar-refractivity contribution is 5.59. The first-order valence-electron chi connectivity index (χ1n) is 25.1. The molecule has 7 nitrogen and oxygen atoms in total. The highest BCUT2D eigenvalue weighted by Crippen LogP contribution is 2.39. The summed E-state index contributed by atoms with van der Waals surface area (Å²) in [5.74, 6) is 1.80. The monoisotopic (exact) mass is 863 g/mol. The van der Waals surface area contributed by atoms with E-state index in [1.165, 1.54) is 85.2 Å². The number of unbranched alkanes of at least 4 members (excludes halogenated alkanes) is 4. The average molecular weight is 863 g/mol. The zero-order valence-electron chi connectivity index (χ0n) is 41.4. The van der Waals surface area contributed by atoms with E-state index in [2.05, 4.69) is 174 Å². The van der Waals surface area contributed by atoms with Gasteiger partial charge in [0.25, 0.3) is 0 Å². The van der Waals surface area contributed by atoms with Crippen molar-refractivity contribution in [2.45, 2.75) is 132 Å². The van der Waals surface area contributed by atoms with E-state index in [0.717, 1.165) is 75.0 Å². The Labute approximate surface area is 385 Å². The van der Waals surface area contributed by atoms with Crippen molar-refractivity contribution in [3.05, 3.63) is 107 Å². The molecule has 2 unspecified atom stereocenters. The maximum atomic E-state index is 7.10. The molecule has 0 spiro atoms. The largest absolute Gasteiger partial charge is 0.493 e. The van der Waals surface area contributed by atoms with Crippen molar-refractivity contribution >= 4 is 22.7 Å². The number of benzene rings is 4. The topological polar surface area (TPSA) is 40.7 Å². The first-order valence-corrected chi connectivity index (χ1v) is 25.1. The summed E-state index contributed by atoms with van der Waals surface area (Å²) in [4.78, 5) is 9.91. The van der Waals surface area contributed by atoms with E-state index in [4.69, 9.17) is 14.2 Å². The van der Waals surface area contributed by atoms with Crippen LogP contribution in [0.4, 0.5) is 22.7 Å². The third kappa shape index (κ3) is 14.8. The molecule has 63 heavy (non-hydrogen) atoms. The number of hydrogen-bond donors (Lipinski definition) is 0. The molecule has 4 aromatic rings. The Bertz CT molecular complexity index is 1670. The molecule has 0 aliphatic carbocycles. The van der Waals surface area contributed by atoms with Gasteiger partial charge in [-0.3, -0.25) is 0 Å². The van der Waals surface area contributed by atoms with Gasteiger partial charge in [0.05, 0.1) is 26.4 Å². The fourth-order valence-corrected chi connectivity index (χ4v) is 8.76. The van der Waals surface area contributed by atoms with Crippen molar-refractivity contribution in [2.75, 3.05) is 98.4 Å². The van der Waals surface area contributed by atoms with Gasteiger partial charge in [-0.05, 0) is 115 Å². The summed E-state index contributed by atoms with van der Waals surface area (Å²) in [5.41, 5.74) is 9.76. The number of anilines is 4. The zero-order chi connectivity index (χ0) is 45.4. The SMILES string of the molecule is CCCCN(CCCC)c1ccc(C(COCC(c2ccc(N(CCCC)CCCC)cc2)c2ccc(N(CC)CC)cc2OCC)c2ccc(N(CC)CC)cc2OCC)cc1. The van der Waals surface area contributed by atoms with Gasteiger partial charge in [0, 0.05) is 110 Å². The first kappa shape index (κ1) is 51.3. The molecule has 348 valence electrons. The molecule has 0 radical (unpaired) electrons. The van der Waals surface area contributed by atoms with Gasteiger partial charge < -0.3 is 33.8 Å². The van der Waals surface area contributed by atoms with Crippen LogP contribution in [0.3, 0.4) is 0 Å². The molecule has 0 saturated heterocycles. The second-order valence-corrected chi connectivity index (χ2v) is 16.9. The normalized spacial score (nSPS) is 12.2. The molecule has 2 atom stereocenters. The number of ether oxygens (including phenoxy) is 3. The first-order chi connectivity index (χ1) is 30.8. The lowest BCUT2D eigenvalue weighted by atomic mass is 9.89. The minimum absolute atomic E-state index is 0.0313. The van der Waals surface area contributed by atoms with Crippen LogP contribution in [-0.2, 0) is 4.74 Å². The molecule has 0 amide bonds. The summed E-state index contributed by atoms with van der Waals surface area (Å²) in [6.07, 6.45) is 9.55. The quantitative estimate of drug-likeness (QED) is 0.0484. The van der Waals surface area contributed by atoms with Crippen molar-refractivity contribution in [1.29, 1.82) is 0 Å². The van der Waals surface area contributed by atoms with Crippen LogP contribution in [0.1, 0.15) is 155 Å². The van der Waals surface area contributed by atoms with E-state index in [9.17, 15) is 0 Å². The molecule has 0 aliphatic heterocycles. The second kappa shape index (κ2) is 28.4. The lowest BCUT2D eigenvalue weighted by Crippen LogP contribution is -2.25. The smallest absolute Gasteiger partial charge is 0.125 e. The van der Waals surface area contributed by atoms with E-state index in [0.29, 0.717) is 26.4 Å². The van der Waals surface area contributed by atoms with Gasteiger partial charge in [0.15, 0.2) is 0 Å². The molecule has 0 aliphatic rings. The summed E-state index contributed by atoms with van der Waals surface area (Å²) in [5, 5.41) is 0. The van der Waals surface area contributed by atoms with Crippen molar-refractivity contribution < 1.29 is 14.2 Å². The molecule has 0 saturated carbocycles. The Morgan fingerprint density at radius 2 is 0.698 bits per heavy atom. The van der Waals surface area contributed by atoms with E-state index in [1.54, 1.807) is 0 Å². The van der Waals surface area contributed by atoms with Gasteiger partial charge >= 0.3 is 0 Å². The van der Waals surface area contributed by atoms with Crippen LogP contribution >= 0.6 is 0 Å². The molecule has 0 N–H and O–H groups in total. The number of hydrogen-bond acceptors (Lipinski definition) is 7. The van der Waals surface area contributed by atoms with E-state index < -0.39 is 0 Å². The Morgan fingerprint density at radius 1 is 0.381 bits per heavy atom. The van der Waals surface area contributed by atoms with Crippen LogP contribution < -0.4 is 29.1 Å². The van der Waals surface area contributed by atoms with Gasteiger partial charge in [-0.2, -0.15) is 0 Å². The zero-order valence-corrected chi connectivity index (χ0v) is 41.4. The Balaban J connectivity index is 1.80. The van der Waals surface area contributed by atoms with Crippen molar-refractivity contribution in [3.63, 3.8) is 0 Å². The van der Waals surface area contributed by atoms with Crippen LogP contribution in [0.15, 0.2) is 84.9 Å². The van der Waals surface area contributed by atoms with Crippen LogP contribution in [-0.4, -0.2) is 78.8 Å². The highest BCUT2D eigenvalue weighted by atomic mass is 16.5. The molecular weight excluding hydrogens is 777 g/mol. The predicted molar refractivity (Wildman–Crippen MR) is 274 cm³/mol. The lowest BCUT2D eigenvalue weighted by molar-refractivity contribution is 0.119. The molecule has 7 heteroatoms. The Hall–Kier alpha value is -4.36. The van der Waals surface area contributed by atoms with Gasteiger partial charge in [0.1, 0.15) is 11.5 Å². The molecule has 0 heterocycles. The summed E-state index contributed by atoms with van der Waals surface area (Å²) >= 11 is 0. The highest BCUT2D eigenvalue weighted by Gasteiger charge is 2.25. The summed E-state index contributed by atoms with van der Waals surface area (Å²) < 4.78 is 20.1. The maximum absolute atomic E-state index is 7.10. The second-order valence-electron chi connectivity index (χ2n) is 16.9. The predicted octanol–water partition coefficient (Wildman–Crippen LogP) is 14.0. The third-order valence-corrected chi connectivity index (χ3v) is 12.6. The summed E-state index contributed by atoms with van der Waals surface area (Å²) in [6, 6.07) is 32.3. The molecule has 0 aromatic heterocycles. The summed E-state index contributed by atoms with van der Waals surface area (Å²) in [7, 11) is 0. The van der Waals surface area contributed by atoms with Crippen molar-refractivity contribution in [3.8, 4) is 11.5 Å². The van der Waals surface area contributed by atoms with Crippen LogP contribution in [0.2, 0.25) is 0 Å².